The first-order valence-electron chi connectivity index (χ1n) is 5.52. The summed E-state index contributed by atoms with van der Waals surface area (Å²) in [5, 5.41) is 0. The van der Waals surface area contributed by atoms with E-state index in [-0.39, 0.29) is 10.9 Å². The molecule has 2 unspecified atom stereocenters. The highest BCUT2D eigenvalue weighted by Crippen LogP contribution is 2.34. The summed E-state index contributed by atoms with van der Waals surface area (Å²) in [6.07, 6.45) is 3.22. The second-order valence-electron chi connectivity index (χ2n) is 4.16. The molecule has 1 aliphatic rings. The van der Waals surface area contributed by atoms with E-state index in [1.165, 1.54) is 18.3 Å². The van der Waals surface area contributed by atoms with E-state index in [9.17, 15) is 8.42 Å². The number of anilines is 1. The van der Waals surface area contributed by atoms with Crippen molar-refractivity contribution in [2.45, 2.75) is 30.7 Å². The maximum atomic E-state index is 11.9. The number of hydrogen-bond acceptors (Lipinski definition) is 5. The van der Waals surface area contributed by atoms with Crippen molar-refractivity contribution < 1.29 is 8.42 Å². The van der Waals surface area contributed by atoms with Crippen molar-refractivity contribution in [1.82, 2.24) is 9.71 Å². The number of nitrogens with two attached hydrogens (primary N) is 1. The van der Waals surface area contributed by atoms with E-state index in [1.807, 2.05) is 0 Å². The van der Waals surface area contributed by atoms with Gasteiger partial charge in [-0.1, -0.05) is 13.3 Å². The topological polar surface area (TPSA) is 97.1 Å². The van der Waals surface area contributed by atoms with Crippen molar-refractivity contribution in [2.75, 3.05) is 5.43 Å². The fraction of sp³-hybridized carbons (Fsp3) is 0.500. The summed E-state index contributed by atoms with van der Waals surface area (Å²) in [5.41, 5.74) is 2.35. The molecule has 94 valence electrons. The molecule has 0 saturated heterocycles. The molecule has 1 fully saturated rings. The Morgan fingerprint density at radius 2 is 2.29 bits per heavy atom. The molecule has 0 radical (unpaired) electrons. The van der Waals surface area contributed by atoms with E-state index >= 15 is 0 Å². The number of nitrogen functional groups attached to an aromatic ring is 1. The zero-order valence-electron chi connectivity index (χ0n) is 9.55. The standard InChI is InChI=1S/C10H16N4O2S/c1-2-7-5-9(7)14-17(15,16)8-3-4-10(13-11)12-6-8/h3-4,6-7,9,14H,2,5,11H2,1H3,(H,12,13). The first-order chi connectivity index (χ1) is 8.06. The van der Waals surface area contributed by atoms with Gasteiger partial charge in [0.25, 0.3) is 0 Å². The number of nitrogens with one attached hydrogen (secondary N) is 2. The van der Waals surface area contributed by atoms with Crippen molar-refractivity contribution in [2.24, 2.45) is 11.8 Å². The molecule has 0 amide bonds. The summed E-state index contributed by atoms with van der Waals surface area (Å²) in [7, 11) is -3.45. The molecule has 0 aromatic carbocycles. The van der Waals surface area contributed by atoms with Gasteiger partial charge in [0.05, 0.1) is 0 Å². The van der Waals surface area contributed by atoms with Gasteiger partial charge in [-0.05, 0) is 24.5 Å². The van der Waals surface area contributed by atoms with Crippen molar-refractivity contribution in [1.29, 1.82) is 0 Å². The molecule has 1 heterocycles. The summed E-state index contributed by atoms with van der Waals surface area (Å²) in [4.78, 5) is 4.04. The highest BCUT2D eigenvalue weighted by atomic mass is 32.2. The van der Waals surface area contributed by atoms with Gasteiger partial charge in [0.15, 0.2) is 0 Å². The average Bonchev–Trinajstić information content (AvgIpc) is 3.07. The van der Waals surface area contributed by atoms with Crippen LogP contribution in [0.1, 0.15) is 19.8 Å². The molecule has 0 spiro atoms. The number of rotatable bonds is 5. The maximum absolute atomic E-state index is 11.9. The van der Waals surface area contributed by atoms with E-state index < -0.39 is 10.0 Å². The van der Waals surface area contributed by atoms with Gasteiger partial charge in [0.2, 0.25) is 10.0 Å². The van der Waals surface area contributed by atoms with E-state index in [2.05, 4.69) is 22.1 Å². The molecule has 1 aliphatic carbocycles. The zero-order valence-corrected chi connectivity index (χ0v) is 10.4. The van der Waals surface area contributed by atoms with Crippen LogP contribution in [-0.4, -0.2) is 19.4 Å². The number of pyridine rings is 1. The molecule has 4 N–H and O–H groups in total. The van der Waals surface area contributed by atoms with Gasteiger partial charge in [-0.3, -0.25) is 0 Å². The minimum atomic E-state index is -3.45. The Kier molecular flexibility index (Phi) is 3.32. The van der Waals surface area contributed by atoms with E-state index in [4.69, 9.17) is 5.84 Å². The summed E-state index contributed by atoms with van der Waals surface area (Å²) < 4.78 is 26.5. The van der Waals surface area contributed by atoms with Crippen LogP contribution < -0.4 is 16.0 Å². The molecular formula is C10H16N4O2S. The lowest BCUT2D eigenvalue weighted by Gasteiger charge is -2.06. The number of hydrogen-bond donors (Lipinski definition) is 3. The highest BCUT2D eigenvalue weighted by Gasteiger charge is 2.38. The van der Waals surface area contributed by atoms with Crippen LogP contribution in [0.25, 0.3) is 0 Å². The SMILES string of the molecule is CCC1CC1NS(=O)(=O)c1ccc(NN)nc1. The Morgan fingerprint density at radius 1 is 1.53 bits per heavy atom. The van der Waals surface area contributed by atoms with Crippen molar-refractivity contribution >= 4 is 15.8 Å². The van der Waals surface area contributed by atoms with Gasteiger partial charge in [0, 0.05) is 12.2 Å². The monoisotopic (exact) mass is 256 g/mol. The number of aromatic nitrogens is 1. The molecule has 1 saturated carbocycles. The Hall–Kier alpha value is -1.18. The predicted molar refractivity (Wildman–Crippen MR) is 64.6 cm³/mol. The summed E-state index contributed by atoms with van der Waals surface area (Å²) in [6, 6.07) is 3.09. The molecular weight excluding hydrogens is 240 g/mol. The third kappa shape index (κ3) is 2.74. The fourth-order valence-corrected chi connectivity index (χ4v) is 3.00. The summed E-state index contributed by atoms with van der Waals surface area (Å²) >= 11 is 0. The van der Waals surface area contributed by atoms with Crippen LogP contribution in [0.5, 0.6) is 0 Å². The third-order valence-electron chi connectivity index (χ3n) is 2.95. The van der Waals surface area contributed by atoms with Crippen LogP contribution in [0.2, 0.25) is 0 Å². The van der Waals surface area contributed by atoms with Gasteiger partial charge in [-0.2, -0.15) is 0 Å². The van der Waals surface area contributed by atoms with E-state index in [1.54, 1.807) is 0 Å². The fourth-order valence-electron chi connectivity index (χ4n) is 1.74. The minimum Gasteiger partial charge on any atom is -0.308 e. The second-order valence-corrected chi connectivity index (χ2v) is 5.87. The van der Waals surface area contributed by atoms with Crippen LogP contribution in [0.4, 0.5) is 5.82 Å². The van der Waals surface area contributed by atoms with Crippen LogP contribution in [0.3, 0.4) is 0 Å². The molecule has 2 atom stereocenters. The Labute approximate surface area is 101 Å². The van der Waals surface area contributed by atoms with Gasteiger partial charge in [-0.15, -0.1) is 0 Å². The smallest absolute Gasteiger partial charge is 0.242 e. The molecule has 1 aromatic rings. The van der Waals surface area contributed by atoms with Crippen molar-refractivity contribution in [3.05, 3.63) is 18.3 Å². The number of sulfonamides is 1. The largest absolute Gasteiger partial charge is 0.308 e. The second kappa shape index (κ2) is 4.59. The lowest BCUT2D eigenvalue weighted by Crippen LogP contribution is -2.27. The first-order valence-corrected chi connectivity index (χ1v) is 7.00. The molecule has 0 bridgehead atoms. The lowest BCUT2D eigenvalue weighted by molar-refractivity contribution is 0.575. The quantitative estimate of drug-likeness (QED) is 0.525. The predicted octanol–water partition coefficient (Wildman–Crippen LogP) is 0.444. The minimum absolute atomic E-state index is 0.0808. The van der Waals surface area contributed by atoms with Crippen LogP contribution in [-0.2, 0) is 10.0 Å². The van der Waals surface area contributed by atoms with E-state index in [0.717, 1.165) is 12.8 Å². The molecule has 1 aromatic heterocycles. The number of nitrogens with zero attached hydrogens (tertiary/aromatic N) is 1. The number of hydrazine groups is 1. The van der Waals surface area contributed by atoms with Gasteiger partial charge in [-0.25, -0.2) is 24.0 Å². The lowest BCUT2D eigenvalue weighted by atomic mass is 10.3. The third-order valence-corrected chi connectivity index (χ3v) is 4.42. The van der Waals surface area contributed by atoms with Gasteiger partial charge in [0.1, 0.15) is 10.7 Å². The summed E-state index contributed by atoms with van der Waals surface area (Å²) in [5.74, 6) is 6.07. The van der Waals surface area contributed by atoms with Crippen LogP contribution in [0, 0.1) is 5.92 Å². The van der Waals surface area contributed by atoms with Crippen molar-refractivity contribution in [3.8, 4) is 0 Å². The molecule has 6 nitrogen and oxygen atoms in total. The Bertz CT molecular complexity index is 486. The van der Waals surface area contributed by atoms with Crippen molar-refractivity contribution in [3.63, 3.8) is 0 Å². The van der Waals surface area contributed by atoms with Crippen LogP contribution >= 0.6 is 0 Å². The summed E-state index contributed by atoms with van der Waals surface area (Å²) in [6.45, 7) is 2.06. The first kappa shape index (κ1) is 12.3. The normalized spacial score (nSPS) is 23.4. The molecule has 7 heteroatoms. The Morgan fingerprint density at radius 3 is 2.76 bits per heavy atom. The van der Waals surface area contributed by atoms with Crippen LogP contribution in [0.15, 0.2) is 23.2 Å². The maximum Gasteiger partial charge on any atom is 0.242 e. The van der Waals surface area contributed by atoms with E-state index in [0.29, 0.717) is 11.7 Å². The molecule has 17 heavy (non-hydrogen) atoms. The highest BCUT2D eigenvalue weighted by molar-refractivity contribution is 7.89. The Balaban J connectivity index is 2.09. The molecule has 2 rings (SSSR count). The zero-order chi connectivity index (χ0) is 12.5. The molecule has 0 aliphatic heterocycles. The van der Waals surface area contributed by atoms with Gasteiger partial charge >= 0.3 is 0 Å². The van der Waals surface area contributed by atoms with Gasteiger partial charge < -0.3 is 5.43 Å². The average molecular weight is 256 g/mol.